The average molecular weight is 304 g/mol. The maximum Gasteiger partial charge on any atom is 0.341 e. The summed E-state index contributed by atoms with van der Waals surface area (Å²) in [7, 11) is 0. The molecule has 0 aromatic carbocycles. The summed E-state index contributed by atoms with van der Waals surface area (Å²) in [5.74, 6) is 0.0686. The van der Waals surface area contributed by atoms with Crippen LogP contribution in [0.1, 0.15) is 45.0 Å². The summed E-state index contributed by atoms with van der Waals surface area (Å²) in [4.78, 5) is 16.6. The standard InChI is InChI=1S/C16H24N4O2/c1-6-20-15-12(9-18-20)14(19-11(5)10(3)4)13(8-17-15)16(21)22-7-2/h8-11H,6-7H2,1-5H3,(H,17,19)/t11-/m0/s1. The lowest BCUT2D eigenvalue weighted by Crippen LogP contribution is -2.23. The quantitative estimate of drug-likeness (QED) is 0.831. The van der Waals surface area contributed by atoms with Crippen LogP contribution >= 0.6 is 0 Å². The van der Waals surface area contributed by atoms with Gasteiger partial charge in [0.25, 0.3) is 0 Å². The van der Waals surface area contributed by atoms with E-state index in [-0.39, 0.29) is 12.0 Å². The number of pyridine rings is 1. The van der Waals surface area contributed by atoms with Crippen molar-refractivity contribution in [1.82, 2.24) is 14.8 Å². The van der Waals surface area contributed by atoms with E-state index in [4.69, 9.17) is 4.74 Å². The summed E-state index contributed by atoms with van der Waals surface area (Å²) in [6.45, 7) is 11.2. The van der Waals surface area contributed by atoms with Gasteiger partial charge in [0.15, 0.2) is 5.65 Å². The third-order valence-corrected chi connectivity index (χ3v) is 3.83. The van der Waals surface area contributed by atoms with Gasteiger partial charge in [0.2, 0.25) is 0 Å². The fourth-order valence-corrected chi connectivity index (χ4v) is 2.17. The molecule has 2 heterocycles. The predicted octanol–water partition coefficient (Wildman–Crippen LogP) is 3.08. The highest BCUT2D eigenvalue weighted by Crippen LogP contribution is 2.28. The largest absolute Gasteiger partial charge is 0.462 e. The first-order valence-corrected chi connectivity index (χ1v) is 7.77. The second-order valence-corrected chi connectivity index (χ2v) is 5.64. The van der Waals surface area contributed by atoms with Crippen molar-refractivity contribution in [1.29, 1.82) is 0 Å². The van der Waals surface area contributed by atoms with Gasteiger partial charge in [-0.05, 0) is 26.7 Å². The van der Waals surface area contributed by atoms with Gasteiger partial charge in [-0.3, -0.25) is 0 Å². The van der Waals surface area contributed by atoms with E-state index in [1.165, 1.54) is 0 Å². The summed E-state index contributed by atoms with van der Waals surface area (Å²) >= 11 is 0. The van der Waals surface area contributed by atoms with E-state index in [1.54, 1.807) is 19.3 Å². The Morgan fingerprint density at radius 3 is 2.64 bits per heavy atom. The Labute approximate surface area is 130 Å². The molecule has 6 heteroatoms. The number of rotatable bonds is 6. The van der Waals surface area contributed by atoms with Crippen molar-refractivity contribution in [2.75, 3.05) is 11.9 Å². The molecule has 0 unspecified atom stereocenters. The molecule has 6 nitrogen and oxygen atoms in total. The number of ether oxygens (including phenoxy) is 1. The molecule has 0 fully saturated rings. The van der Waals surface area contributed by atoms with Crippen LogP contribution in [0.25, 0.3) is 11.0 Å². The lowest BCUT2D eigenvalue weighted by molar-refractivity contribution is 0.0527. The van der Waals surface area contributed by atoms with Crippen molar-refractivity contribution < 1.29 is 9.53 Å². The van der Waals surface area contributed by atoms with Crippen molar-refractivity contribution in [3.8, 4) is 0 Å². The molecule has 0 saturated heterocycles. The third-order valence-electron chi connectivity index (χ3n) is 3.83. The van der Waals surface area contributed by atoms with Crippen molar-refractivity contribution in [3.63, 3.8) is 0 Å². The number of nitrogens with zero attached hydrogens (tertiary/aromatic N) is 3. The molecule has 0 saturated carbocycles. The van der Waals surface area contributed by atoms with E-state index in [0.29, 0.717) is 18.1 Å². The Balaban J connectivity index is 2.56. The Morgan fingerprint density at radius 2 is 2.05 bits per heavy atom. The Bertz CT molecular complexity index is 663. The monoisotopic (exact) mass is 304 g/mol. The maximum absolute atomic E-state index is 12.2. The molecule has 1 atom stereocenters. The number of fused-ring (bicyclic) bond motifs is 1. The number of anilines is 1. The third kappa shape index (κ3) is 3.05. The number of carbonyl (C=O) groups excluding carboxylic acids is 1. The summed E-state index contributed by atoms with van der Waals surface area (Å²) in [6, 6.07) is 0.212. The lowest BCUT2D eigenvalue weighted by atomic mass is 10.0. The molecule has 0 amide bonds. The molecule has 2 aromatic heterocycles. The smallest absolute Gasteiger partial charge is 0.341 e. The second-order valence-electron chi connectivity index (χ2n) is 5.64. The fraction of sp³-hybridized carbons (Fsp3) is 0.562. The van der Waals surface area contributed by atoms with E-state index in [0.717, 1.165) is 23.3 Å². The van der Waals surface area contributed by atoms with Crippen molar-refractivity contribution in [3.05, 3.63) is 18.0 Å². The van der Waals surface area contributed by atoms with Crippen LogP contribution in [0.3, 0.4) is 0 Å². The molecule has 0 spiro atoms. The number of carbonyl (C=O) groups is 1. The average Bonchev–Trinajstić information content (AvgIpc) is 2.90. The van der Waals surface area contributed by atoms with E-state index in [2.05, 4.69) is 36.2 Å². The molecule has 0 radical (unpaired) electrons. The SMILES string of the molecule is CCOC(=O)c1cnc2c(cnn2CC)c1N[C@@H](C)C(C)C. The Hall–Kier alpha value is -2.11. The van der Waals surface area contributed by atoms with Crippen LogP contribution in [0.2, 0.25) is 0 Å². The minimum absolute atomic E-state index is 0.212. The first kappa shape index (κ1) is 16.3. The highest BCUT2D eigenvalue weighted by Gasteiger charge is 2.20. The first-order valence-electron chi connectivity index (χ1n) is 7.77. The molecule has 2 aromatic rings. The molecular weight excluding hydrogens is 280 g/mol. The van der Waals surface area contributed by atoms with Gasteiger partial charge in [-0.25, -0.2) is 14.5 Å². The Kier molecular flexibility index (Phi) is 5.00. The molecule has 0 aliphatic rings. The highest BCUT2D eigenvalue weighted by atomic mass is 16.5. The van der Waals surface area contributed by atoms with Crippen molar-refractivity contribution in [2.45, 2.75) is 47.2 Å². The highest BCUT2D eigenvalue weighted by molar-refractivity contribution is 6.04. The lowest BCUT2D eigenvalue weighted by Gasteiger charge is -2.21. The Morgan fingerprint density at radius 1 is 1.32 bits per heavy atom. The number of nitrogens with one attached hydrogen (secondary N) is 1. The number of esters is 1. The second kappa shape index (κ2) is 6.77. The van der Waals surface area contributed by atoms with Gasteiger partial charge in [0.05, 0.1) is 23.9 Å². The van der Waals surface area contributed by atoms with E-state index >= 15 is 0 Å². The minimum Gasteiger partial charge on any atom is -0.462 e. The predicted molar refractivity (Wildman–Crippen MR) is 87.1 cm³/mol. The number of aromatic nitrogens is 3. The van der Waals surface area contributed by atoms with Gasteiger partial charge in [-0.1, -0.05) is 13.8 Å². The first-order chi connectivity index (χ1) is 10.5. The zero-order chi connectivity index (χ0) is 16.3. The van der Waals surface area contributed by atoms with Gasteiger partial charge in [-0.2, -0.15) is 5.10 Å². The zero-order valence-corrected chi connectivity index (χ0v) is 13.9. The maximum atomic E-state index is 12.2. The van der Waals surface area contributed by atoms with Crippen molar-refractivity contribution >= 4 is 22.7 Å². The molecule has 0 aliphatic heterocycles. The number of hydrogen-bond donors (Lipinski definition) is 1. The van der Waals surface area contributed by atoms with Crippen LogP contribution in [-0.4, -0.2) is 33.4 Å². The number of aryl methyl sites for hydroxylation is 1. The molecule has 120 valence electrons. The molecular formula is C16H24N4O2. The molecule has 2 rings (SSSR count). The molecule has 1 N–H and O–H groups in total. The van der Waals surface area contributed by atoms with Gasteiger partial charge < -0.3 is 10.1 Å². The summed E-state index contributed by atoms with van der Waals surface area (Å²) in [5, 5.41) is 8.62. The zero-order valence-electron chi connectivity index (χ0n) is 13.9. The van der Waals surface area contributed by atoms with Crippen LogP contribution in [0.15, 0.2) is 12.4 Å². The van der Waals surface area contributed by atoms with Gasteiger partial charge in [0, 0.05) is 18.8 Å². The fourth-order valence-electron chi connectivity index (χ4n) is 2.17. The van der Waals surface area contributed by atoms with E-state index in [1.807, 2.05) is 11.6 Å². The van der Waals surface area contributed by atoms with Gasteiger partial charge in [0.1, 0.15) is 5.56 Å². The minimum atomic E-state index is -0.361. The normalized spacial score (nSPS) is 12.6. The van der Waals surface area contributed by atoms with Crippen molar-refractivity contribution in [2.24, 2.45) is 5.92 Å². The summed E-state index contributed by atoms with van der Waals surface area (Å²) in [5.41, 5.74) is 1.98. The van der Waals surface area contributed by atoms with E-state index < -0.39 is 0 Å². The van der Waals surface area contributed by atoms with Crippen LogP contribution in [-0.2, 0) is 11.3 Å². The molecule has 0 bridgehead atoms. The van der Waals surface area contributed by atoms with Gasteiger partial charge >= 0.3 is 5.97 Å². The topological polar surface area (TPSA) is 69.0 Å². The molecule has 0 aliphatic carbocycles. The van der Waals surface area contributed by atoms with Gasteiger partial charge in [-0.15, -0.1) is 0 Å². The van der Waals surface area contributed by atoms with Crippen LogP contribution in [0.5, 0.6) is 0 Å². The molecule has 22 heavy (non-hydrogen) atoms. The van der Waals surface area contributed by atoms with Crippen LogP contribution in [0.4, 0.5) is 5.69 Å². The summed E-state index contributed by atoms with van der Waals surface area (Å²) in [6.07, 6.45) is 3.33. The van der Waals surface area contributed by atoms with Crippen LogP contribution < -0.4 is 5.32 Å². The summed E-state index contributed by atoms with van der Waals surface area (Å²) < 4.78 is 6.96. The van der Waals surface area contributed by atoms with E-state index in [9.17, 15) is 4.79 Å². The number of hydrogen-bond acceptors (Lipinski definition) is 5. The van der Waals surface area contributed by atoms with Crippen LogP contribution in [0, 0.1) is 5.92 Å².